The molecule has 47 heavy (non-hydrogen) atoms. The third kappa shape index (κ3) is 6.15. The van der Waals surface area contributed by atoms with Crippen LogP contribution in [0, 0.1) is 0 Å². The zero-order chi connectivity index (χ0) is 33.0. The lowest BCUT2D eigenvalue weighted by molar-refractivity contribution is -0.140. The Kier molecular flexibility index (Phi) is 8.94. The van der Waals surface area contributed by atoms with Crippen LogP contribution in [0.5, 0.6) is 11.5 Å². The van der Waals surface area contributed by atoms with Crippen molar-refractivity contribution in [1.82, 2.24) is 0 Å². The van der Waals surface area contributed by atoms with Gasteiger partial charge >= 0.3 is 11.9 Å². The number of benzene rings is 5. The molecule has 5 aromatic rings. The number of hydrogen-bond donors (Lipinski definition) is 0. The van der Waals surface area contributed by atoms with Crippen molar-refractivity contribution in [1.29, 1.82) is 0 Å². The van der Waals surface area contributed by atoms with E-state index in [4.69, 9.17) is 18.9 Å². The van der Waals surface area contributed by atoms with Crippen LogP contribution in [0.4, 0.5) is 0 Å². The number of rotatable bonds is 12. The average molecular weight is 625 g/mol. The summed E-state index contributed by atoms with van der Waals surface area (Å²) in [6.07, 6.45) is 0. The van der Waals surface area contributed by atoms with Crippen molar-refractivity contribution in [2.75, 3.05) is 26.4 Å². The molecule has 0 unspecified atom stereocenters. The van der Waals surface area contributed by atoms with Gasteiger partial charge in [-0.25, -0.2) is 9.59 Å². The van der Waals surface area contributed by atoms with Crippen molar-refractivity contribution >= 4 is 22.7 Å². The van der Waals surface area contributed by atoms with Crippen molar-refractivity contribution in [2.24, 2.45) is 0 Å². The predicted octanol–water partition coefficient (Wildman–Crippen LogP) is 8.20. The van der Waals surface area contributed by atoms with Gasteiger partial charge in [0.1, 0.15) is 37.9 Å². The van der Waals surface area contributed by atoms with Crippen LogP contribution in [-0.2, 0) is 24.5 Å². The van der Waals surface area contributed by atoms with Crippen LogP contribution in [0.25, 0.3) is 21.9 Å². The molecule has 0 atom stereocenters. The van der Waals surface area contributed by atoms with Crippen molar-refractivity contribution < 1.29 is 28.5 Å². The summed E-state index contributed by atoms with van der Waals surface area (Å²) in [5.41, 5.74) is 7.01. The third-order valence-corrected chi connectivity index (χ3v) is 8.35. The molecule has 0 heterocycles. The number of ether oxygens (including phenoxy) is 4. The maximum atomic E-state index is 11.7. The van der Waals surface area contributed by atoms with Gasteiger partial charge in [-0.2, -0.15) is 0 Å². The quantitative estimate of drug-likeness (QED) is 0.0777. The van der Waals surface area contributed by atoms with Gasteiger partial charge in [-0.05, 0) is 94.4 Å². The van der Waals surface area contributed by atoms with Gasteiger partial charge in [-0.1, -0.05) is 86.0 Å². The molecule has 1 aliphatic rings. The van der Waals surface area contributed by atoms with E-state index in [-0.39, 0.29) is 26.4 Å². The number of carbonyl (C=O) groups excluding carboxylic acids is 2. The summed E-state index contributed by atoms with van der Waals surface area (Å²) < 4.78 is 22.2. The first-order chi connectivity index (χ1) is 22.8. The van der Waals surface area contributed by atoms with Crippen LogP contribution >= 0.6 is 0 Å². The molecule has 0 saturated heterocycles. The molecule has 0 aliphatic heterocycles. The van der Waals surface area contributed by atoms with Gasteiger partial charge in [0.25, 0.3) is 0 Å². The predicted molar refractivity (Wildman–Crippen MR) is 184 cm³/mol. The van der Waals surface area contributed by atoms with E-state index in [0.29, 0.717) is 22.6 Å². The molecule has 0 saturated carbocycles. The van der Waals surface area contributed by atoms with E-state index in [1.807, 2.05) is 24.3 Å². The number of esters is 2. The Labute approximate surface area is 274 Å². The second kappa shape index (κ2) is 13.4. The van der Waals surface area contributed by atoms with Crippen LogP contribution < -0.4 is 9.47 Å². The highest BCUT2D eigenvalue weighted by Crippen LogP contribution is 2.57. The van der Waals surface area contributed by atoms with Gasteiger partial charge in [0.15, 0.2) is 0 Å². The van der Waals surface area contributed by atoms with Gasteiger partial charge in [-0.3, -0.25) is 0 Å². The fraction of sp³-hybridized carbons (Fsp3) is 0.171. The minimum atomic E-state index is -0.624. The van der Waals surface area contributed by atoms with Crippen molar-refractivity contribution in [2.45, 2.75) is 19.3 Å². The first-order valence-corrected chi connectivity index (χ1v) is 15.5. The Hall–Kier alpha value is -5.62. The molecule has 0 aromatic heterocycles. The Bertz CT molecular complexity index is 1890. The number of fused-ring (bicyclic) bond motifs is 4. The lowest BCUT2D eigenvalue weighted by Gasteiger charge is -2.34. The molecule has 5 aromatic carbocycles. The largest absolute Gasteiger partial charge is 0.490 e. The third-order valence-electron chi connectivity index (χ3n) is 8.35. The molecular formula is C41H36O6. The van der Waals surface area contributed by atoms with E-state index in [0.717, 1.165) is 16.5 Å². The SMILES string of the molecule is C=C(C)C(=O)OCCOc1ccc(C2(c3ccc(OCCOC(=O)C(=C)C)cc3)c3ccccc3-c3cc4ccccc4cc32)cc1. The molecule has 0 N–H and O–H groups in total. The van der Waals surface area contributed by atoms with E-state index >= 15 is 0 Å². The first-order valence-electron chi connectivity index (χ1n) is 15.5. The van der Waals surface area contributed by atoms with Crippen LogP contribution in [0.3, 0.4) is 0 Å². The van der Waals surface area contributed by atoms with Crippen LogP contribution in [0.2, 0.25) is 0 Å². The van der Waals surface area contributed by atoms with Crippen LogP contribution in [0.15, 0.2) is 133 Å². The maximum absolute atomic E-state index is 11.7. The zero-order valence-electron chi connectivity index (χ0n) is 26.6. The summed E-state index contributed by atoms with van der Waals surface area (Å²) in [7, 11) is 0. The standard InChI is InChI=1S/C41H36O6/c1-27(2)39(42)46-23-21-44-33-17-13-31(14-18-33)41(32-15-19-34(20-16-32)45-22-24-47-40(43)28(3)4)37-12-8-7-11-35(37)36-25-29-9-5-6-10-30(29)26-38(36)41/h5-20,25-26H,1,3,21-24H2,2,4H3. The maximum Gasteiger partial charge on any atom is 0.333 e. The van der Waals surface area contributed by atoms with E-state index in [1.165, 1.54) is 27.6 Å². The molecule has 0 spiro atoms. The first kappa shape index (κ1) is 31.4. The Morgan fingerprint density at radius 3 is 1.53 bits per heavy atom. The molecule has 236 valence electrons. The Morgan fingerprint density at radius 1 is 0.553 bits per heavy atom. The highest BCUT2D eigenvalue weighted by atomic mass is 16.6. The summed E-state index contributed by atoms with van der Waals surface area (Å²) in [6.45, 7) is 11.2. The lowest BCUT2D eigenvalue weighted by atomic mass is 9.67. The van der Waals surface area contributed by atoms with Gasteiger partial charge in [0.2, 0.25) is 0 Å². The highest BCUT2D eigenvalue weighted by Gasteiger charge is 2.46. The van der Waals surface area contributed by atoms with E-state index < -0.39 is 17.4 Å². The fourth-order valence-corrected chi connectivity index (χ4v) is 6.19. The molecule has 6 nitrogen and oxygen atoms in total. The smallest absolute Gasteiger partial charge is 0.333 e. The molecule has 0 radical (unpaired) electrons. The Balaban J connectivity index is 1.38. The Morgan fingerprint density at radius 2 is 1.02 bits per heavy atom. The minimum absolute atomic E-state index is 0.135. The van der Waals surface area contributed by atoms with E-state index in [2.05, 4.69) is 98.1 Å². The molecule has 6 rings (SSSR count). The normalized spacial score (nSPS) is 12.5. The molecule has 0 fully saturated rings. The monoisotopic (exact) mass is 624 g/mol. The second-order valence-corrected chi connectivity index (χ2v) is 11.6. The zero-order valence-corrected chi connectivity index (χ0v) is 26.6. The second-order valence-electron chi connectivity index (χ2n) is 11.6. The molecule has 0 amide bonds. The van der Waals surface area contributed by atoms with E-state index in [9.17, 15) is 9.59 Å². The summed E-state index contributed by atoms with van der Waals surface area (Å²) >= 11 is 0. The van der Waals surface area contributed by atoms with Crippen molar-refractivity contribution in [3.63, 3.8) is 0 Å². The topological polar surface area (TPSA) is 71.1 Å². The van der Waals surface area contributed by atoms with Crippen LogP contribution in [0.1, 0.15) is 36.1 Å². The van der Waals surface area contributed by atoms with Gasteiger partial charge in [0, 0.05) is 11.1 Å². The highest BCUT2D eigenvalue weighted by molar-refractivity contribution is 5.96. The average Bonchev–Trinajstić information content (AvgIpc) is 3.37. The summed E-state index contributed by atoms with van der Waals surface area (Å²) in [6, 6.07) is 37.9. The van der Waals surface area contributed by atoms with Crippen LogP contribution in [-0.4, -0.2) is 38.4 Å². The molecular weight excluding hydrogens is 588 g/mol. The van der Waals surface area contributed by atoms with Crippen molar-refractivity contribution in [3.05, 3.63) is 156 Å². The van der Waals surface area contributed by atoms with Gasteiger partial charge < -0.3 is 18.9 Å². The van der Waals surface area contributed by atoms with Gasteiger partial charge in [0.05, 0.1) is 5.41 Å². The lowest BCUT2D eigenvalue weighted by Crippen LogP contribution is -2.28. The van der Waals surface area contributed by atoms with Gasteiger partial charge in [-0.15, -0.1) is 0 Å². The minimum Gasteiger partial charge on any atom is -0.490 e. The summed E-state index contributed by atoms with van der Waals surface area (Å²) in [5.74, 6) is 0.493. The number of hydrogen-bond acceptors (Lipinski definition) is 6. The molecule has 0 bridgehead atoms. The fourth-order valence-electron chi connectivity index (χ4n) is 6.19. The van der Waals surface area contributed by atoms with Crippen molar-refractivity contribution in [3.8, 4) is 22.6 Å². The number of carbonyl (C=O) groups is 2. The molecule has 1 aliphatic carbocycles. The summed E-state index contributed by atoms with van der Waals surface area (Å²) in [4.78, 5) is 23.5. The molecule has 6 heteroatoms. The summed E-state index contributed by atoms with van der Waals surface area (Å²) in [5, 5.41) is 2.35. The van der Waals surface area contributed by atoms with E-state index in [1.54, 1.807) is 13.8 Å².